The van der Waals surface area contributed by atoms with Gasteiger partial charge in [0.1, 0.15) is 0 Å². The summed E-state index contributed by atoms with van der Waals surface area (Å²) in [4.78, 5) is 2.45. The Hall–Kier alpha value is 0.230. The van der Waals surface area contributed by atoms with Gasteiger partial charge in [-0.25, -0.2) is 0 Å². The first-order valence-electron chi connectivity index (χ1n) is 5.72. The van der Waals surface area contributed by atoms with Crippen LogP contribution < -0.4 is 5.32 Å². The first-order chi connectivity index (χ1) is 7.15. The Morgan fingerprint density at radius 1 is 1.53 bits per heavy atom. The van der Waals surface area contributed by atoms with E-state index in [0.29, 0.717) is 18.2 Å². The molecule has 0 aromatic carbocycles. The molecule has 0 aromatic heterocycles. The Kier molecular flexibility index (Phi) is 5.97. The second-order valence-corrected chi connectivity index (χ2v) is 5.55. The molecule has 0 saturated carbocycles. The molecule has 0 aliphatic carbocycles. The lowest BCUT2D eigenvalue weighted by Crippen LogP contribution is -2.54. The van der Waals surface area contributed by atoms with Crippen molar-refractivity contribution in [3.63, 3.8) is 0 Å². The molecule has 4 heteroatoms. The number of hydrogen-bond donors (Lipinski definition) is 1. The summed E-state index contributed by atoms with van der Waals surface area (Å²) in [7, 11) is 4.24. The SMILES string of the molecule is CNC(COC(C)C)C1CSCCN1C. The van der Waals surface area contributed by atoms with Gasteiger partial charge in [0.2, 0.25) is 0 Å². The smallest absolute Gasteiger partial charge is 0.0638 e. The van der Waals surface area contributed by atoms with Crippen LogP contribution >= 0.6 is 11.8 Å². The summed E-state index contributed by atoms with van der Waals surface area (Å²) < 4.78 is 5.70. The highest BCUT2D eigenvalue weighted by molar-refractivity contribution is 7.99. The van der Waals surface area contributed by atoms with Gasteiger partial charge in [0.25, 0.3) is 0 Å². The Morgan fingerprint density at radius 2 is 2.27 bits per heavy atom. The third-order valence-corrected chi connectivity index (χ3v) is 3.94. The van der Waals surface area contributed by atoms with E-state index in [0.717, 1.165) is 6.61 Å². The Bertz CT molecular complexity index is 178. The fraction of sp³-hybridized carbons (Fsp3) is 1.00. The highest BCUT2D eigenvalue weighted by atomic mass is 32.2. The van der Waals surface area contributed by atoms with Gasteiger partial charge in [-0.3, -0.25) is 0 Å². The van der Waals surface area contributed by atoms with Crippen LogP contribution in [0.3, 0.4) is 0 Å². The molecular weight excluding hydrogens is 208 g/mol. The lowest BCUT2D eigenvalue weighted by Gasteiger charge is -2.37. The van der Waals surface area contributed by atoms with E-state index in [1.807, 2.05) is 18.8 Å². The third kappa shape index (κ3) is 4.31. The van der Waals surface area contributed by atoms with Crippen molar-refractivity contribution in [3.8, 4) is 0 Å². The molecule has 1 fully saturated rings. The van der Waals surface area contributed by atoms with Gasteiger partial charge in [0.05, 0.1) is 12.7 Å². The van der Waals surface area contributed by atoms with Crippen LogP contribution in [0.4, 0.5) is 0 Å². The van der Waals surface area contributed by atoms with Gasteiger partial charge < -0.3 is 15.0 Å². The number of hydrogen-bond acceptors (Lipinski definition) is 4. The predicted molar refractivity (Wildman–Crippen MR) is 67.7 cm³/mol. The molecule has 1 N–H and O–H groups in total. The van der Waals surface area contributed by atoms with E-state index in [1.54, 1.807) is 0 Å². The molecule has 1 heterocycles. The van der Waals surface area contributed by atoms with E-state index in [4.69, 9.17) is 4.74 Å². The van der Waals surface area contributed by atoms with Gasteiger partial charge in [0.15, 0.2) is 0 Å². The normalized spacial score (nSPS) is 25.8. The molecule has 90 valence electrons. The van der Waals surface area contributed by atoms with Crippen LogP contribution in [0.2, 0.25) is 0 Å². The number of ether oxygens (including phenoxy) is 1. The standard InChI is InChI=1S/C11H24N2OS/c1-9(2)14-7-10(12-3)11-8-15-6-5-13(11)4/h9-12H,5-8H2,1-4H3. The molecule has 0 aromatic rings. The maximum absolute atomic E-state index is 5.70. The first kappa shape index (κ1) is 13.3. The molecule has 1 aliphatic heterocycles. The van der Waals surface area contributed by atoms with Crippen molar-refractivity contribution in [2.75, 3.05) is 38.8 Å². The predicted octanol–water partition coefficient (Wildman–Crippen LogP) is 1.05. The summed E-state index contributed by atoms with van der Waals surface area (Å²) in [5.41, 5.74) is 0. The van der Waals surface area contributed by atoms with E-state index in [9.17, 15) is 0 Å². The van der Waals surface area contributed by atoms with Crippen molar-refractivity contribution < 1.29 is 4.74 Å². The van der Waals surface area contributed by atoms with Crippen LogP contribution in [0.1, 0.15) is 13.8 Å². The molecule has 2 atom stereocenters. The van der Waals surface area contributed by atoms with E-state index in [1.165, 1.54) is 18.1 Å². The Balaban J connectivity index is 2.41. The van der Waals surface area contributed by atoms with Crippen molar-refractivity contribution in [2.24, 2.45) is 0 Å². The monoisotopic (exact) mass is 232 g/mol. The zero-order chi connectivity index (χ0) is 11.3. The summed E-state index contributed by atoms with van der Waals surface area (Å²) in [6.07, 6.45) is 0.322. The van der Waals surface area contributed by atoms with Gasteiger partial charge >= 0.3 is 0 Å². The summed E-state index contributed by atoms with van der Waals surface area (Å²) >= 11 is 2.05. The van der Waals surface area contributed by atoms with E-state index >= 15 is 0 Å². The molecule has 0 radical (unpaired) electrons. The fourth-order valence-electron chi connectivity index (χ4n) is 1.81. The van der Waals surface area contributed by atoms with E-state index in [2.05, 4.69) is 31.1 Å². The largest absolute Gasteiger partial charge is 0.377 e. The van der Waals surface area contributed by atoms with Crippen LogP contribution in [0.25, 0.3) is 0 Å². The topological polar surface area (TPSA) is 24.5 Å². The molecule has 15 heavy (non-hydrogen) atoms. The number of rotatable bonds is 5. The quantitative estimate of drug-likeness (QED) is 0.766. The molecule has 1 aliphatic rings. The maximum Gasteiger partial charge on any atom is 0.0638 e. The molecule has 3 nitrogen and oxygen atoms in total. The average molecular weight is 232 g/mol. The lowest BCUT2D eigenvalue weighted by molar-refractivity contribution is 0.0435. The van der Waals surface area contributed by atoms with Crippen molar-refractivity contribution >= 4 is 11.8 Å². The second kappa shape index (κ2) is 6.74. The van der Waals surface area contributed by atoms with Crippen LogP contribution in [0, 0.1) is 0 Å². The fourth-order valence-corrected chi connectivity index (χ4v) is 3.12. The van der Waals surface area contributed by atoms with Crippen molar-refractivity contribution in [3.05, 3.63) is 0 Å². The van der Waals surface area contributed by atoms with Crippen LogP contribution in [-0.2, 0) is 4.74 Å². The van der Waals surface area contributed by atoms with Gasteiger partial charge in [0, 0.05) is 30.1 Å². The summed E-state index contributed by atoms with van der Waals surface area (Å²) in [5, 5.41) is 3.38. The minimum absolute atomic E-state index is 0.322. The average Bonchev–Trinajstić information content (AvgIpc) is 2.21. The number of nitrogens with zero attached hydrogens (tertiary/aromatic N) is 1. The van der Waals surface area contributed by atoms with Crippen molar-refractivity contribution in [1.82, 2.24) is 10.2 Å². The van der Waals surface area contributed by atoms with E-state index in [-0.39, 0.29) is 0 Å². The highest BCUT2D eigenvalue weighted by Gasteiger charge is 2.27. The molecule has 0 spiro atoms. The zero-order valence-electron chi connectivity index (χ0n) is 10.3. The highest BCUT2D eigenvalue weighted by Crippen LogP contribution is 2.17. The van der Waals surface area contributed by atoms with Crippen molar-refractivity contribution in [1.29, 1.82) is 0 Å². The summed E-state index contributed by atoms with van der Waals surface area (Å²) in [6.45, 7) is 6.18. The second-order valence-electron chi connectivity index (χ2n) is 4.40. The number of thioether (sulfide) groups is 1. The number of nitrogens with one attached hydrogen (secondary N) is 1. The Labute approximate surface area is 97.9 Å². The van der Waals surface area contributed by atoms with E-state index < -0.39 is 0 Å². The molecule has 2 unspecified atom stereocenters. The zero-order valence-corrected chi connectivity index (χ0v) is 11.1. The summed E-state index contributed by atoms with van der Waals surface area (Å²) in [6, 6.07) is 1.05. The van der Waals surface area contributed by atoms with Gasteiger partial charge in [-0.05, 0) is 27.9 Å². The lowest BCUT2D eigenvalue weighted by atomic mass is 10.1. The van der Waals surface area contributed by atoms with Crippen LogP contribution in [0.5, 0.6) is 0 Å². The molecule has 1 saturated heterocycles. The van der Waals surface area contributed by atoms with Crippen LogP contribution in [0.15, 0.2) is 0 Å². The molecule has 0 amide bonds. The van der Waals surface area contributed by atoms with Crippen LogP contribution in [-0.4, -0.2) is 61.8 Å². The minimum Gasteiger partial charge on any atom is -0.377 e. The first-order valence-corrected chi connectivity index (χ1v) is 6.87. The molecule has 0 bridgehead atoms. The van der Waals surface area contributed by atoms with Gasteiger partial charge in [-0.2, -0.15) is 11.8 Å². The number of likely N-dealkylation sites (N-methyl/N-ethyl adjacent to an activating group) is 2. The van der Waals surface area contributed by atoms with Gasteiger partial charge in [-0.1, -0.05) is 0 Å². The minimum atomic E-state index is 0.322. The van der Waals surface area contributed by atoms with Crippen molar-refractivity contribution in [2.45, 2.75) is 32.0 Å². The molecular formula is C11H24N2OS. The Morgan fingerprint density at radius 3 is 2.80 bits per heavy atom. The van der Waals surface area contributed by atoms with Gasteiger partial charge in [-0.15, -0.1) is 0 Å². The maximum atomic E-state index is 5.70. The summed E-state index contributed by atoms with van der Waals surface area (Å²) in [5.74, 6) is 2.47. The third-order valence-electron chi connectivity index (χ3n) is 2.89. The molecule has 1 rings (SSSR count).